The second kappa shape index (κ2) is 10.8. The molecule has 0 bridgehead atoms. The Bertz CT molecular complexity index is 635. The second-order valence-electron chi connectivity index (χ2n) is 6.55. The molecule has 1 atom stereocenters. The van der Waals surface area contributed by atoms with E-state index in [4.69, 9.17) is 16.3 Å². The van der Waals surface area contributed by atoms with Crippen molar-refractivity contribution in [1.82, 2.24) is 0 Å². The smallest absolute Gasteiger partial charge is 0.319 e. The van der Waals surface area contributed by atoms with E-state index in [9.17, 15) is 14.0 Å². The number of amides is 1. The quantitative estimate of drug-likeness (QED) is 0.434. The van der Waals surface area contributed by atoms with Gasteiger partial charge >= 0.3 is 5.97 Å². The minimum Gasteiger partial charge on any atom is -0.465 e. The van der Waals surface area contributed by atoms with Crippen LogP contribution in [0.4, 0.5) is 10.1 Å². The van der Waals surface area contributed by atoms with Crippen molar-refractivity contribution >= 4 is 40.9 Å². The fraction of sp³-hybridized carbons (Fsp3) is 0.579. The Morgan fingerprint density at radius 3 is 2.38 bits per heavy atom. The highest BCUT2D eigenvalue weighted by molar-refractivity contribution is 8.00. The predicted octanol–water partition coefficient (Wildman–Crippen LogP) is 5.53. The van der Waals surface area contributed by atoms with E-state index in [1.165, 1.54) is 17.8 Å². The molecule has 146 valence electrons. The number of esters is 1. The van der Waals surface area contributed by atoms with Gasteiger partial charge < -0.3 is 10.1 Å². The molecule has 7 heteroatoms. The van der Waals surface area contributed by atoms with Crippen molar-refractivity contribution in [2.24, 2.45) is 11.8 Å². The Labute approximate surface area is 164 Å². The van der Waals surface area contributed by atoms with Crippen LogP contribution in [-0.4, -0.2) is 23.7 Å². The lowest BCUT2D eigenvalue weighted by Crippen LogP contribution is -2.22. The Hall–Kier alpha value is -1.27. The number of thioether (sulfide) groups is 1. The van der Waals surface area contributed by atoms with Gasteiger partial charge in [0.15, 0.2) is 0 Å². The molecular weight excluding hydrogens is 377 g/mol. The Morgan fingerprint density at radius 1 is 1.23 bits per heavy atom. The normalized spacial score (nSPS) is 12.3. The van der Waals surface area contributed by atoms with E-state index in [0.717, 1.165) is 6.07 Å². The Kier molecular flexibility index (Phi) is 9.44. The van der Waals surface area contributed by atoms with Gasteiger partial charge in [-0.25, -0.2) is 4.39 Å². The van der Waals surface area contributed by atoms with Gasteiger partial charge in [-0.2, -0.15) is 0 Å². The van der Waals surface area contributed by atoms with Gasteiger partial charge in [-0.1, -0.05) is 39.3 Å². The van der Waals surface area contributed by atoms with Gasteiger partial charge in [-0.3, -0.25) is 9.59 Å². The molecule has 0 fully saturated rings. The van der Waals surface area contributed by atoms with Gasteiger partial charge in [-0.15, -0.1) is 11.8 Å². The van der Waals surface area contributed by atoms with Gasteiger partial charge in [0.2, 0.25) is 5.91 Å². The molecule has 0 saturated heterocycles. The van der Waals surface area contributed by atoms with Crippen LogP contribution in [0.3, 0.4) is 0 Å². The van der Waals surface area contributed by atoms with E-state index in [1.54, 1.807) is 6.92 Å². The summed E-state index contributed by atoms with van der Waals surface area (Å²) in [6.07, 6.45) is 1.36. The highest BCUT2D eigenvalue weighted by Gasteiger charge is 2.21. The summed E-state index contributed by atoms with van der Waals surface area (Å²) in [4.78, 5) is 24.8. The van der Waals surface area contributed by atoms with Crippen LogP contribution in [0, 0.1) is 17.7 Å². The van der Waals surface area contributed by atoms with Crippen LogP contribution in [0.25, 0.3) is 0 Å². The highest BCUT2D eigenvalue weighted by Crippen LogP contribution is 2.35. The third-order valence-corrected chi connectivity index (χ3v) is 5.39. The fourth-order valence-corrected chi connectivity index (χ4v) is 3.40. The molecule has 0 aliphatic rings. The highest BCUT2D eigenvalue weighted by atomic mass is 35.5. The average molecular weight is 404 g/mol. The molecule has 0 saturated carbocycles. The lowest BCUT2D eigenvalue weighted by Gasteiger charge is -2.16. The number of hydrogen-bond acceptors (Lipinski definition) is 4. The summed E-state index contributed by atoms with van der Waals surface area (Å²) in [7, 11) is 0. The molecule has 1 amide bonds. The molecule has 1 aromatic rings. The number of hydrogen-bond donors (Lipinski definition) is 1. The molecule has 0 aliphatic carbocycles. The SMILES string of the molecule is CCC(CC)C(=O)Nc1cc(SC(C)C(=O)OCC(C)C)c(Cl)cc1F. The second-order valence-corrected chi connectivity index (χ2v) is 8.34. The van der Waals surface area contributed by atoms with Gasteiger partial charge in [-0.05, 0) is 37.8 Å². The minimum absolute atomic E-state index is 0.0662. The first-order chi connectivity index (χ1) is 12.2. The van der Waals surface area contributed by atoms with E-state index < -0.39 is 11.1 Å². The first kappa shape index (κ1) is 22.8. The van der Waals surface area contributed by atoms with Crippen LogP contribution in [-0.2, 0) is 14.3 Å². The zero-order chi connectivity index (χ0) is 19.9. The maximum absolute atomic E-state index is 14.2. The number of rotatable bonds is 9. The summed E-state index contributed by atoms with van der Waals surface area (Å²) in [5.41, 5.74) is 0.0662. The molecule has 0 heterocycles. The van der Waals surface area contributed by atoms with Gasteiger partial charge in [0.05, 0.1) is 17.3 Å². The molecule has 26 heavy (non-hydrogen) atoms. The largest absolute Gasteiger partial charge is 0.465 e. The molecule has 1 unspecified atom stereocenters. The van der Waals surface area contributed by atoms with Crippen molar-refractivity contribution in [2.75, 3.05) is 11.9 Å². The van der Waals surface area contributed by atoms with Crippen molar-refractivity contribution < 1.29 is 18.7 Å². The summed E-state index contributed by atoms with van der Waals surface area (Å²) in [6.45, 7) is 9.79. The predicted molar refractivity (Wildman–Crippen MR) is 105 cm³/mol. The minimum atomic E-state index is -0.603. The van der Waals surface area contributed by atoms with Crippen LogP contribution in [0.15, 0.2) is 17.0 Å². The summed E-state index contributed by atoms with van der Waals surface area (Å²) in [5.74, 6) is -1.11. The molecule has 0 spiro atoms. The fourth-order valence-electron chi connectivity index (χ4n) is 2.21. The van der Waals surface area contributed by atoms with Crippen molar-refractivity contribution in [1.29, 1.82) is 0 Å². The average Bonchev–Trinajstić information content (AvgIpc) is 2.57. The molecule has 0 aliphatic heterocycles. The number of anilines is 1. The van der Waals surface area contributed by atoms with Gasteiger partial charge in [0.25, 0.3) is 0 Å². The molecule has 4 nitrogen and oxygen atoms in total. The molecule has 0 radical (unpaired) electrons. The van der Waals surface area contributed by atoms with Gasteiger partial charge in [0.1, 0.15) is 11.1 Å². The number of nitrogens with one attached hydrogen (secondary N) is 1. The topological polar surface area (TPSA) is 55.4 Å². The number of ether oxygens (including phenoxy) is 1. The van der Waals surface area contributed by atoms with E-state index >= 15 is 0 Å². The lowest BCUT2D eigenvalue weighted by atomic mass is 10.0. The van der Waals surface area contributed by atoms with E-state index in [0.29, 0.717) is 24.3 Å². The summed E-state index contributed by atoms with van der Waals surface area (Å²) in [6, 6.07) is 2.62. The Balaban J connectivity index is 2.89. The summed E-state index contributed by atoms with van der Waals surface area (Å²) < 4.78 is 19.4. The molecule has 1 aromatic carbocycles. The van der Waals surface area contributed by atoms with Crippen LogP contribution in [0.5, 0.6) is 0 Å². The first-order valence-electron chi connectivity index (χ1n) is 8.82. The van der Waals surface area contributed by atoms with Crippen LogP contribution < -0.4 is 5.32 Å². The molecule has 1 rings (SSSR count). The first-order valence-corrected chi connectivity index (χ1v) is 10.1. The third-order valence-electron chi connectivity index (χ3n) is 3.83. The van der Waals surface area contributed by atoms with Crippen LogP contribution in [0.2, 0.25) is 5.02 Å². The van der Waals surface area contributed by atoms with Gasteiger partial charge in [0, 0.05) is 10.8 Å². The maximum atomic E-state index is 14.2. The molecule has 0 aromatic heterocycles. The lowest BCUT2D eigenvalue weighted by molar-refractivity contribution is -0.143. The van der Waals surface area contributed by atoms with E-state index in [-0.39, 0.29) is 34.4 Å². The van der Waals surface area contributed by atoms with Crippen molar-refractivity contribution in [3.8, 4) is 0 Å². The number of halogens is 2. The third kappa shape index (κ3) is 6.80. The Morgan fingerprint density at radius 2 is 1.85 bits per heavy atom. The monoisotopic (exact) mass is 403 g/mol. The summed E-state index contributed by atoms with van der Waals surface area (Å²) >= 11 is 7.28. The van der Waals surface area contributed by atoms with Crippen LogP contribution in [0.1, 0.15) is 47.5 Å². The molecule has 1 N–H and O–H groups in total. The van der Waals surface area contributed by atoms with Crippen LogP contribution >= 0.6 is 23.4 Å². The zero-order valence-electron chi connectivity index (χ0n) is 15.9. The van der Waals surface area contributed by atoms with Crippen molar-refractivity contribution in [2.45, 2.75) is 57.6 Å². The summed E-state index contributed by atoms with van der Waals surface area (Å²) in [5, 5.41) is 2.31. The van der Waals surface area contributed by atoms with Crippen molar-refractivity contribution in [3.63, 3.8) is 0 Å². The standard InChI is InChI=1S/C19H27ClFNO3S/c1-6-13(7-2)18(23)22-16-9-17(14(20)8-15(16)21)26-12(5)19(24)25-10-11(3)4/h8-9,11-13H,6-7,10H2,1-5H3,(H,22,23). The number of carbonyl (C=O) groups excluding carboxylic acids is 2. The molecular formula is C19H27ClFNO3S. The zero-order valence-corrected chi connectivity index (χ0v) is 17.5. The van der Waals surface area contributed by atoms with Crippen molar-refractivity contribution in [3.05, 3.63) is 23.0 Å². The maximum Gasteiger partial charge on any atom is 0.319 e. The van der Waals surface area contributed by atoms with E-state index in [1.807, 2.05) is 27.7 Å². The number of benzene rings is 1. The van der Waals surface area contributed by atoms with E-state index in [2.05, 4.69) is 5.32 Å². The number of carbonyl (C=O) groups is 2.